The highest BCUT2D eigenvalue weighted by Crippen LogP contribution is 2.34. The molecule has 0 fully saturated rings. The molecule has 1 aromatic rings. The van der Waals surface area contributed by atoms with E-state index in [-0.39, 0.29) is 34.5 Å². The number of hydrogen-bond acceptors (Lipinski definition) is 3. The average Bonchev–Trinajstić information content (AvgIpc) is 2.21. The Balaban J connectivity index is 2.96. The standard InChI is InChI=1S/C9H10BrCl2NO3S/c10-6-4-7(11)9(8(12)5-6)13-17(15,16)3-1-2-14/h4-5,13-14H,1-3H2. The lowest BCUT2D eigenvalue weighted by molar-refractivity contribution is 0.295. The Morgan fingerprint density at radius 1 is 1.29 bits per heavy atom. The zero-order valence-corrected chi connectivity index (χ0v) is 12.5. The number of nitrogens with one attached hydrogen (secondary N) is 1. The molecular formula is C9H10BrCl2NO3S. The minimum Gasteiger partial charge on any atom is -0.396 e. The number of anilines is 1. The second-order valence-electron chi connectivity index (χ2n) is 3.24. The molecular weight excluding hydrogens is 353 g/mol. The summed E-state index contributed by atoms with van der Waals surface area (Å²) in [5.41, 5.74) is 0.148. The predicted octanol–water partition coefficient (Wildman–Crippen LogP) is 2.88. The molecule has 0 spiro atoms. The zero-order chi connectivity index (χ0) is 13.1. The van der Waals surface area contributed by atoms with Gasteiger partial charge in [0.25, 0.3) is 0 Å². The Kier molecular flexibility index (Phi) is 5.53. The fraction of sp³-hybridized carbons (Fsp3) is 0.333. The van der Waals surface area contributed by atoms with Crippen molar-refractivity contribution in [1.29, 1.82) is 0 Å². The van der Waals surface area contributed by atoms with Gasteiger partial charge in [-0.1, -0.05) is 39.1 Å². The fourth-order valence-electron chi connectivity index (χ4n) is 1.10. The fourth-order valence-corrected chi connectivity index (χ4v) is 3.66. The van der Waals surface area contributed by atoms with Crippen molar-refractivity contribution >= 4 is 54.8 Å². The Labute approximate surface area is 118 Å². The Morgan fingerprint density at radius 2 is 1.82 bits per heavy atom. The number of sulfonamides is 1. The van der Waals surface area contributed by atoms with Gasteiger partial charge in [-0.25, -0.2) is 8.42 Å². The normalized spacial score (nSPS) is 11.5. The molecule has 0 saturated heterocycles. The van der Waals surface area contributed by atoms with E-state index >= 15 is 0 Å². The summed E-state index contributed by atoms with van der Waals surface area (Å²) in [6.45, 7) is -0.192. The summed E-state index contributed by atoms with van der Waals surface area (Å²) in [5.74, 6) is -0.188. The van der Waals surface area contributed by atoms with E-state index in [2.05, 4.69) is 20.7 Å². The van der Waals surface area contributed by atoms with E-state index in [1.165, 1.54) is 12.1 Å². The first kappa shape index (κ1) is 15.0. The molecule has 17 heavy (non-hydrogen) atoms. The summed E-state index contributed by atoms with van der Waals surface area (Å²) in [6.07, 6.45) is 0.154. The molecule has 0 bridgehead atoms. The van der Waals surface area contributed by atoms with E-state index in [9.17, 15) is 8.42 Å². The van der Waals surface area contributed by atoms with Crippen LogP contribution in [-0.4, -0.2) is 25.9 Å². The maximum atomic E-state index is 11.6. The third-order valence-electron chi connectivity index (χ3n) is 1.84. The van der Waals surface area contributed by atoms with Crippen LogP contribution in [0.15, 0.2) is 16.6 Å². The number of halogens is 3. The van der Waals surface area contributed by atoms with Crippen LogP contribution in [-0.2, 0) is 10.0 Å². The van der Waals surface area contributed by atoms with Crippen molar-refractivity contribution in [2.24, 2.45) is 0 Å². The molecule has 96 valence electrons. The van der Waals surface area contributed by atoms with Crippen LogP contribution in [0, 0.1) is 0 Å². The van der Waals surface area contributed by atoms with E-state index in [1.807, 2.05) is 0 Å². The summed E-state index contributed by atoms with van der Waals surface area (Å²) in [5, 5.41) is 9.00. The van der Waals surface area contributed by atoms with Crippen molar-refractivity contribution in [3.63, 3.8) is 0 Å². The monoisotopic (exact) mass is 361 g/mol. The molecule has 0 atom stereocenters. The Bertz CT molecular complexity index is 484. The maximum Gasteiger partial charge on any atom is 0.232 e. The van der Waals surface area contributed by atoms with Gasteiger partial charge in [-0.2, -0.15) is 0 Å². The predicted molar refractivity (Wildman–Crippen MR) is 73.3 cm³/mol. The highest BCUT2D eigenvalue weighted by molar-refractivity contribution is 9.10. The molecule has 0 radical (unpaired) electrons. The van der Waals surface area contributed by atoms with Crippen molar-refractivity contribution < 1.29 is 13.5 Å². The number of hydrogen-bond donors (Lipinski definition) is 2. The number of aliphatic hydroxyl groups excluding tert-OH is 1. The van der Waals surface area contributed by atoms with Crippen molar-refractivity contribution in [2.75, 3.05) is 17.1 Å². The molecule has 0 aliphatic rings. The molecule has 8 heteroatoms. The van der Waals surface area contributed by atoms with E-state index < -0.39 is 10.0 Å². The van der Waals surface area contributed by atoms with Gasteiger partial charge in [-0.3, -0.25) is 4.72 Å². The van der Waals surface area contributed by atoms with Crippen LogP contribution in [0.3, 0.4) is 0 Å². The van der Waals surface area contributed by atoms with Crippen LogP contribution in [0.1, 0.15) is 6.42 Å². The van der Waals surface area contributed by atoms with Crippen LogP contribution < -0.4 is 4.72 Å². The minimum atomic E-state index is -3.55. The first-order valence-corrected chi connectivity index (χ1v) is 7.82. The summed E-state index contributed by atoms with van der Waals surface area (Å²) in [7, 11) is -3.55. The van der Waals surface area contributed by atoms with E-state index in [0.717, 1.165) is 0 Å². The van der Waals surface area contributed by atoms with Gasteiger partial charge in [0.1, 0.15) is 0 Å². The van der Waals surface area contributed by atoms with Crippen LogP contribution in [0.2, 0.25) is 10.0 Å². The first-order valence-electron chi connectivity index (χ1n) is 4.61. The highest BCUT2D eigenvalue weighted by Gasteiger charge is 2.15. The molecule has 0 saturated carbocycles. The van der Waals surface area contributed by atoms with Crippen molar-refractivity contribution in [3.05, 3.63) is 26.7 Å². The lowest BCUT2D eigenvalue weighted by Crippen LogP contribution is -2.18. The lowest BCUT2D eigenvalue weighted by atomic mass is 10.3. The lowest BCUT2D eigenvalue weighted by Gasteiger charge is -2.11. The number of rotatable bonds is 5. The van der Waals surface area contributed by atoms with Crippen molar-refractivity contribution in [2.45, 2.75) is 6.42 Å². The van der Waals surface area contributed by atoms with Gasteiger partial charge in [0.05, 0.1) is 21.5 Å². The third kappa shape index (κ3) is 4.63. The van der Waals surface area contributed by atoms with Gasteiger partial charge in [0, 0.05) is 11.1 Å². The third-order valence-corrected chi connectivity index (χ3v) is 4.23. The second kappa shape index (κ2) is 6.24. The summed E-state index contributed by atoms with van der Waals surface area (Å²) in [4.78, 5) is 0. The second-order valence-corrected chi connectivity index (χ2v) is 6.81. The average molecular weight is 363 g/mol. The molecule has 1 aromatic carbocycles. The Morgan fingerprint density at radius 3 is 2.29 bits per heavy atom. The number of aliphatic hydroxyl groups is 1. The van der Waals surface area contributed by atoms with Gasteiger partial charge in [-0.05, 0) is 18.6 Å². The summed E-state index contributed by atoms with van der Waals surface area (Å²) >= 11 is 15.0. The molecule has 1 rings (SSSR count). The van der Waals surface area contributed by atoms with Crippen LogP contribution >= 0.6 is 39.1 Å². The molecule has 4 nitrogen and oxygen atoms in total. The molecule has 0 amide bonds. The largest absolute Gasteiger partial charge is 0.396 e. The maximum absolute atomic E-state index is 11.6. The topological polar surface area (TPSA) is 66.4 Å². The molecule has 0 unspecified atom stereocenters. The van der Waals surface area contributed by atoms with Gasteiger partial charge in [-0.15, -0.1) is 0 Å². The molecule has 0 aromatic heterocycles. The molecule has 0 aliphatic carbocycles. The summed E-state index contributed by atoms with van der Waals surface area (Å²) in [6, 6.07) is 3.08. The van der Waals surface area contributed by atoms with Crippen molar-refractivity contribution in [1.82, 2.24) is 0 Å². The van der Waals surface area contributed by atoms with Gasteiger partial charge >= 0.3 is 0 Å². The molecule has 0 aliphatic heterocycles. The molecule has 0 heterocycles. The summed E-state index contributed by atoms with van der Waals surface area (Å²) < 4.78 is 26.1. The van der Waals surface area contributed by atoms with E-state index in [4.69, 9.17) is 28.3 Å². The Hall–Kier alpha value is -0.0100. The zero-order valence-electron chi connectivity index (χ0n) is 8.58. The van der Waals surface area contributed by atoms with Crippen LogP contribution in [0.25, 0.3) is 0 Å². The van der Waals surface area contributed by atoms with E-state index in [0.29, 0.717) is 4.47 Å². The van der Waals surface area contributed by atoms with Crippen molar-refractivity contribution in [3.8, 4) is 0 Å². The van der Waals surface area contributed by atoms with Gasteiger partial charge in [0.15, 0.2) is 0 Å². The quantitative estimate of drug-likeness (QED) is 0.846. The highest BCUT2D eigenvalue weighted by atomic mass is 79.9. The molecule has 2 N–H and O–H groups in total. The smallest absolute Gasteiger partial charge is 0.232 e. The van der Waals surface area contributed by atoms with E-state index in [1.54, 1.807) is 0 Å². The SMILES string of the molecule is O=S(=O)(CCCO)Nc1c(Cl)cc(Br)cc1Cl. The van der Waals surface area contributed by atoms with Crippen LogP contribution in [0.4, 0.5) is 5.69 Å². The first-order chi connectivity index (χ1) is 7.85. The minimum absolute atomic E-state index is 0.148. The van der Waals surface area contributed by atoms with Gasteiger partial charge in [0.2, 0.25) is 10.0 Å². The van der Waals surface area contributed by atoms with Crippen LogP contribution in [0.5, 0.6) is 0 Å². The number of benzene rings is 1. The van der Waals surface area contributed by atoms with Gasteiger partial charge < -0.3 is 5.11 Å².